The van der Waals surface area contributed by atoms with Crippen molar-refractivity contribution in [3.63, 3.8) is 0 Å². The molecule has 3 N–H and O–H groups in total. The quantitative estimate of drug-likeness (QED) is 0.578. The molecule has 1 rings (SSSR count). The van der Waals surface area contributed by atoms with Gasteiger partial charge in [-0.1, -0.05) is 0 Å². The Hall–Kier alpha value is -1.65. The minimum absolute atomic E-state index is 0.479. The summed E-state index contributed by atoms with van der Waals surface area (Å²) in [5, 5.41) is 2.79. The Kier molecular flexibility index (Phi) is 2.58. The first-order valence-corrected chi connectivity index (χ1v) is 3.40. The van der Waals surface area contributed by atoms with E-state index in [4.69, 9.17) is 5.73 Å². The van der Waals surface area contributed by atoms with Gasteiger partial charge in [-0.25, -0.2) is 0 Å². The van der Waals surface area contributed by atoms with Crippen molar-refractivity contribution in [2.24, 2.45) is 0 Å². The average Bonchev–Trinajstić information content (AvgIpc) is 2.09. The van der Waals surface area contributed by atoms with Crippen molar-refractivity contribution in [2.75, 3.05) is 11.1 Å². The maximum atomic E-state index is 5.67. The van der Waals surface area contributed by atoms with Gasteiger partial charge in [-0.3, -0.25) is 0 Å². The van der Waals surface area contributed by atoms with Gasteiger partial charge >= 0.3 is 70.6 Å². The molecule has 0 radical (unpaired) electrons. The SMILES string of the molecule is C=Bc1ncnc(NC=C)c1N. The van der Waals surface area contributed by atoms with Gasteiger partial charge in [0.15, 0.2) is 0 Å². The molecule has 0 saturated heterocycles. The van der Waals surface area contributed by atoms with Gasteiger partial charge in [0, 0.05) is 0 Å². The molecular weight excluding hydrogens is 151 g/mol. The third-order valence-electron chi connectivity index (χ3n) is 1.35. The number of hydrogen-bond acceptors (Lipinski definition) is 4. The van der Waals surface area contributed by atoms with Gasteiger partial charge in [0.05, 0.1) is 0 Å². The summed E-state index contributed by atoms with van der Waals surface area (Å²) in [7, 11) is 0. The molecule has 0 aliphatic rings. The van der Waals surface area contributed by atoms with E-state index in [2.05, 4.69) is 28.3 Å². The predicted molar refractivity (Wildman–Crippen MR) is 52.8 cm³/mol. The van der Waals surface area contributed by atoms with Crippen LogP contribution in [0.15, 0.2) is 19.1 Å². The summed E-state index contributed by atoms with van der Waals surface area (Å²) >= 11 is 0. The van der Waals surface area contributed by atoms with Crippen LogP contribution >= 0.6 is 0 Å². The van der Waals surface area contributed by atoms with E-state index in [1.54, 1.807) is 6.92 Å². The number of nitrogens with one attached hydrogen (secondary N) is 1. The molecule has 0 fully saturated rings. The number of nitrogen functional groups attached to an aromatic ring is 1. The summed E-state index contributed by atoms with van der Waals surface area (Å²) in [5.41, 5.74) is 6.77. The van der Waals surface area contributed by atoms with E-state index in [0.717, 1.165) is 0 Å². The molecule has 12 heavy (non-hydrogen) atoms. The summed E-state index contributed by atoms with van der Waals surface area (Å²) in [4.78, 5) is 7.82. The van der Waals surface area contributed by atoms with E-state index in [0.29, 0.717) is 17.1 Å². The molecule has 0 aromatic carbocycles. The topological polar surface area (TPSA) is 63.8 Å². The Balaban J connectivity index is 3.12. The summed E-state index contributed by atoms with van der Waals surface area (Å²) in [6.45, 7) is 8.64. The van der Waals surface area contributed by atoms with E-state index >= 15 is 0 Å². The van der Waals surface area contributed by atoms with Gasteiger partial charge in [-0.2, -0.15) is 0 Å². The molecule has 0 bridgehead atoms. The van der Waals surface area contributed by atoms with Gasteiger partial charge in [0.1, 0.15) is 0 Å². The van der Waals surface area contributed by atoms with Crippen molar-refractivity contribution >= 4 is 30.5 Å². The fourth-order valence-corrected chi connectivity index (χ4v) is 0.784. The van der Waals surface area contributed by atoms with Crippen molar-refractivity contribution in [1.82, 2.24) is 9.97 Å². The first-order chi connectivity index (χ1) is 5.79. The molecule has 4 nitrogen and oxygen atoms in total. The van der Waals surface area contributed by atoms with Crippen LogP contribution in [0.25, 0.3) is 0 Å². The predicted octanol–water partition coefficient (Wildman–Crippen LogP) is -0.624. The molecule has 0 aliphatic heterocycles. The minimum atomic E-state index is 0.479. The zero-order valence-corrected chi connectivity index (χ0v) is 6.62. The zero-order chi connectivity index (χ0) is 8.97. The van der Waals surface area contributed by atoms with Gasteiger partial charge in [-0.15, -0.1) is 0 Å². The second-order valence-corrected chi connectivity index (χ2v) is 2.07. The van der Waals surface area contributed by atoms with E-state index < -0.39 is 0 Å². The monoisotopic (exact) mass is 160 g/mol. The summed E-state index contributed by atoms with van der Waals surface area (Å²) in [5.74, 6) is 0.551. The van der Waals surface area contributed by atoms with E-state index in [-0.39, 0.29) is 0 Å². The third kappa shape index (κ3) is 1.50. The van der Waals surface area contributed by atoms with Crippen molar-refractivity contribution in [3.8, 4) is 0 Å². The fourth-order valence-electron chi connectivity index (χ4n) is 0.784. The number of hydrogen-bond donors (Lipinski definition) is 2. The van der Waals surface area contributed by atoms with Crippen LogP contribution in [-0.2, 0) is 0 Å². The molecule has 60 valence electrons. The molecule has 0 saturated carbocycles. The average molecular weight is 160 g/mol. The second kappa shape index (κ2) is 3.66. The van der Waals surface area contributed by atoms with Crippen LogP contribution in [0.2, 0.25) is 0 Å². The van der Waals surface area contributed by atoms with Crippen LogP contribution in [0.3, 0.4) is 0 Å². The number of aromatic nitrogens is 2. The van der Waals surface area contributed by atoms with Crippen molar-refractivity contribution in [2.45, 2.75) is 0 Å². The van der Waals surface area contributed by atoms with Crippen molar-refractivity contribution in [3.05, 3.63) is 19.1 Å². The van der Waals surface area contributed by atoms with Crippen LogP contribution in [0, 0.1) is 0 Å². The molecule has 0 aliphatic carbocycles. The molecule has 1 heterocycles. The fraction of sp³-hybridized carbons (Fsp3) is 0. The molecule has 1 aromatic heterocycles. The number of nitrogens with zero attached hydrogens (tertiary/aromatic N) is 2. The Bertz CT molecular complexity index is 310. The first kappa shape index (κ1) is 8.45. The molecule has 0 amide bonds. The molecule has 5 heteroatoms. The number of anilines is 2. The molecule has 0 unspecified atom stereocenters. The summed E-state index contributed by atoms with van der Waals surface area (Å²) in [6, 6.07) is 0. The third-order valence-corrected chi connectivity index (χ3v) is 1.35. The van der Waals surface area contributed by atoms with E-state index in [9.17, 15) is 0 Å². The Morgan fingerprint density at radius 1 is 1.58 bits per heavy atom. The molecule has 0 spiro atoms. The Morgan fingerprint density at radius 2 is 2.33 bits per heavy atom. The van der Waals surface area contributed by atoms with E-state index in [1.807, 2.05) is 0 Å². The van der Waals surface area contributed by atoms with Gasteiger partial charge in [0.2, 0.25) is 0 Å². The normalized spacial score (nSPS) is 8.67. The zero-order valence-electron chi connectivity index (χ0n) is 6.62. The van der Waals surface area contributed by atoms with Gasteiger partial charge in [-0.05, 0) is 0 Å². The van der Waals surface area contributed by atoms with Crippen LogP contribution < -0.4 is 16.6 Å². The summed E-state index contributed by atoms with van der Waals surface area (Å²) in [6.07, 6.45) is 2.92. The van der Waals surface area contributed by atoms with Gasteiger partial charge in [0.25, 0.3) is 0 Å². The van der Waals surface area contributed by atoms with Crippen molar-refractivity contribution < 1.29 is 0 Å². The summed E-state index contributed by atoms with van der Waals surface area (Å²) < 4.78 is 0. The van der Waals surface area contributed by atoms with E-state index in [1.165, 1.54) is 12.5 Å². The molecule has 0 atom stereocenters. The van der Waals surface area contributed by atoms with Crippen LogP contribution in [0.1, 0.15) is 0 Å². The Labute approximate surface area is 71.4 Å². The number of nitrogens with two attached hydrogens (primary N) is 1. The molecule has 1 aromatic rings. The van der Waals surface area contributed by atoms with Crippen LogP contribution in [0.4, 0.5) is 11.5 Å². The second-order valence-electron chi connectivity index (χ2n) is 2.07. The number of rotatable bonds is 3. The van der Waals surface area contributed by atoms with Crippen LogP contribution in [-0.4, -0.2) is 23.4 Å². The van der Waals surface area contributed by atoms with Crippen molar-refractivity contribution in [1.29, 1.82) is 0 Å². The Morgan fingerprint density at radius 3 is 2.92 bits per heavy atom. The van der Waals surface area contributed by atoms with Gasteiger partial charge < -0.3 is 0 Å². The first-order valence-electron chi connectivity index (χ1n) is 3.40. The van der Waals surface area contributed by atoms with Crippen LogP contribution in [0.5, 0.6) is 0 Å². The molecular formula is C7H9BN4. The standard InChI is InChI=1S/C7H9BN4/c1-3-10-7-5(9)6(8-2)11-4-12-7/h3-4H,1-2,9H2,(H,10,11,12). The maximum absolute atomic E-state index is 5.67.